The van der Waals surface area contributed by atoms with E-state index >= 15 is 0 Å². The summed E-state index contributed by atoms with van der Waals surface area (Å²) in [5, 5.41) is 5.64. The second-order valence-electron chi connectivity index (χ2n) is 4.82. The maximum atomic E-state index is 12.0. The fourth-order valence-electron chi connectivity index (χ4n) is 2.36. The minimum absolute atomic E-state index is 0.0790. The highest BCUT2D eigenvalue weighted by atomic mass is 16.5. The molecule has 1 aromatic heterocycles. The number of ether oxygens (including phenoxy) is 1. The molecule has 3 rings (SSSR count). The zero-order valence-corrected chi connectivity index (χ0v) is 11.7. The van der Waals surface area contributed by atoms with E-state index < -0.39 is 0 Å². The van der Waals surface area contributed by atoms with E-state index in [9.17, 15) is 4.79 Å². The first-order chi connectivity index (χ1) is 10.3. The number of methoxy groups -OCH3 is 1. The molecule has 0 aliphatic heterocycles. The Hall–Kier alpha value is -2.75. The van der Waals surface area contributed by atoms with E-state index in [1.807, 2.05) is 54.6 Å². The molecule has 0 aliphatic rings. The molecule has 0 radical (unpaired) electrons. The summed E-state index contributed by atoms with van der Waals surface area (Å²) in [5.41, 5.74) is 3.56. The second-order valence-corrected chi connectivity index (χ2v) is 4.82. The molecule has 0 fully saturated rings. The number of aromatic amines is 2. The Balaban J connectivity index is 1.98. The molecule has 0 amide bonds. The third kappa shape index (κ3) is 2.74. The van der Waals surface area contributed by atoms with Crippen molar-refractivity contribution in [1.82, 2.24) is 10.2 Å². The van der Waals surface area contributed by atoms with Gasteiger partial charge in [0.2, 0.25) is 0 Å². The van der Waals surface area contributed by atoms with Crippen molar-refractivity contribution in [3.63, 3.8) is 0 Å². The Morgan fingerprint density at radius 3 is 2.33 bits per heavy atom. The van der Waals surface area contributed by atoms with Gasteiger partial charge in [-0.05, 0) is 29.8 Å². The van der Waals surface area contributed by atoms with Gasteiger partial charge in [-0.25, -0.2) is 0 Å². The second kappa shape index (κ2) is 5.71. The molecule has 1 heterocycles. The Morgan fingerprint density at radius 2 is 1.67 bits per heavy atom. The Bertz CT molecular complexity index is 771. The third-order valence-electron chi connectivity index (χ3n) is 3.48. The van der Waals surface area contributed by atoms with Crippen LogP contribution in [0.1, 0.15) is 11.1 Å². The molecule has 106 valence electrons. The maximum Gasteiger partial charge on any atom is 0.268 e. The fraction of sp³-hybridized carbons (Fsp3) is 0.118. The highest BCUT2D eigenvalue weighted by molar-refractivity contribution is 5.64. The average Bonchev–Trinajstić information content (AvgIpc) is 2.90. The fourth-order valence-corrected chi connectivity index (χ4v) is 2.36. The summed E-state index contributed by atoms with van der Waals surface area (Å²) in [6.45, 7) is 0. The average molecular weight is 280 g/mol. The molecular formula is C17H16N2O2. The Morgan fingerprint density at radius 1 is 0.952 bits per heavy atom. The van der Waals surface area contributed by atoms with Gasteiger partial charge in [0.1, 0.15) is 5.75 Å². The summed E-state index contributed by atoms with van der Waals surface area (Å²) < 4.78 is 5.16. The van der Waals surface area contributed by atoms with Crippen LogP contribution in [0, 0.1) is 0 Å². The van der Waals surface area contributed by atoms with E-state index in [4.69, 9.17) is 4.74 Å². The number of hydrogen-bond donors (Lipinski definition) is 2. The highest BCUT2D eigenvalue weighted by Gasteiger charge is 2.12. The third-order valence-corrected chi connectivity index (χ3v) is 3.48. The predicted octanol–water partition coefficient (Wildman–Crippen LogP) is 2.97. The van der Waals surface area contributed by atoms with Gasteiger partial charge in [-0.2, -0.15) is 0 Å². The number of hydrogen-bond acceptors (Lipinski definition) is 2. The van der Waals surface area contributed by atoms with Crippen LogP contribution in [0.25, 0.3) is 11.3 Å². The van der Waals surface area contributed by atoms with Crippen molar-refractivity contribution >= 4 is 0 Å². The van der Waals surface area contributed by atoms with E-state index in [1.165, 1.54) is 0 Å². The molecule has 4 heteroatoms. The normalized spacial score (nSPS) is 10.5. The molecule has 2 N–H and O–H groups in total. The number of aromatic nitrogens is 2. The largest absolute Gasteiger partial charge is 0.497 e. The quantitative estimate of drug-likeness (QED) is 0.772. The number of rotatable bonds is 4. The summed E-state index contributed by atoms with van der Waals surface area (Å²) >= 11 is 0. The van der Waals surface area contributed by atoms with Gasteiger partial charge in [-0.3, -0.25) is 15.0 Å². The lowest BCUT2D eigenvalue weighted by Crippen LogP contribution is -2.06. The number of benzene rings is 2. The molecule has 0 atom stereocenters. The molecule has 3 aromatic rings. The van der Waals surface area contributed by atoms with Crippen LogP contribution in [0.4, 0.5) is 0 Å². The molecule has 21 heavy (non-hydrogen) atoms. The van der Waals surface area contributed by atoms with Crippen molar-refractivity contribution in [2.24, 2.45) is 0 Å². The zero-order valence-electron chi connectivity index (χ0n) is 11.7. The van der Waals surface area contributed by atoms with E-state index in [0.29, 0.717) is 6.42 Å². The Kier molecular flexibility index (Phi) is 3.60. The molecule has 0 unspecified atom stereocenters. The van der Waals surface area contributed by atoms with Crippen molar-refractivity contribution in [2.75, 3.05) is 7.11 Å². The maximum absolute atomic E-state index is 12.0. The summed E-state index contributed by atoms with van der Waals surface area (Å²) in [6, 6.07) is 17.6. The molecule has 0 bridgehead atoms. The van der Waals surface area contributed by atoms with E-state index in [2.05, 4.69) is 10.2 Å². The molecule has 4 nitrogen and oxygen atoms in total. The first kappa shape index (κ1) is 13.2. The van der Waals surface area contributed by atoms with Crippen LogP contribution in [-0.2, 0) is 6.42 Å². The van der Waals surface area contributed by atoms with Crippen LogP contribution in [0.15, 0.2) is 59.4 Å². The SMILES string of the molecule is COc1ccc(-c2[nH][nH]c(=O)c2Cc2ccccc2)cc1. The van der Waals surface area contributed by atoms with Crippen molar-refractivity contribution in [3.8, 4) is 17.0 Å². The molecule has 0 saturated heterocycles. The van der Waals surface area contributed by atoms with Gasteiger partial charge >= 0.3 is 0 Å². The minimum atomic E-state index is -0.0790. The standard InChI is InChI=1S/C17H16N2O2/c1-21-14-9-7-13(8-10-14)16-15(17(20)19-18-16)11-12-5-3-2-4-6-12/h2-10H,11H2,1H3,(H2,18,19,20). The molecule has 0 aliphatic carbocycles. The van der Waals surface area contributed by atoms with Gasteiger partial charge in [0.05, 0.1) is 12.8 Å². The van der Waals surface area contributed by atoms with Gasteiger partial charge in [0.15, 0.2) is 0 Å². The number of H-pyrrole nitrogens is 2. The molecule has 2 aromatic carbocycles. The van der Waals surface area contributed by atoms with E-state index in [0.717, 1.165) is 28.1 Å². The lowest BCUT2D eigenvalue weighted by Gasteiger charge is -2.05. The van der Waals surface area contributed by atoms with E-state index in [1.54, 1.807) is 7.11 Å². The first-order valence-corrected chi connectivity index (χ1v) is 6.76. The van der Waals surface area contributed by atoms with Crippen molar-refractivity contribution in [1.29, 1.82) is 0 Å². The first-order valence-electron chi connectivity index (χ1n) is 6.76. The van der Waals surface area contributed by atoms with Crippen molar-refractivity contribution < 1.29 is 4.74 Å². The summed E-state index contributed by atoms with van der Waals surface area (Å²) in [6.07, 6.45) is 0.598. The van der Waals surface area contributed by atoms with E-state index in [-0.39, 0.29) is 5.56 Å². The van der Waals surface area contributed by atoms with Crippen LogP contribution >= 0.6 is 0 Å². The van der Waals surface area contributed by atoms with Crippen LogP contribution < -0.4 is 10.3 Å². The smallest absolute Gasteiger partial charge is 0.268 e. The highest BCUT2D eigenvalue weighted by Crippen LogP contribution is 2.23. The summed E-state index contributed by atoms with van der Waals surface area (Å²) in [7, 11) is 1.63. The lowest BCUT2D eigenvalue weighted by atomic mass is 10.0. The Labute approximate surface area is 122 Å². The van der Waals surface area contributed by atoms with Crippen LogP contribution in [0.2, 0.25) is 0 Å². The lowest BCUT2D eigenvalue weighted by molar-refractivity contribution is 0.415. The zero-order chi connectivity index (χ0) is 14.7. The topological polar surface area (TPSA) is 57.9 Å². The monoisotopic (exact) mass is 280 g/mol. The minimum Gasteiger partial charge on any atom is -0.497 e. The van der Waals surface area contributed by atoms with Crippen molar-refractivity contribution in [3.05, 3.63) is 76.1 Å². The van der Waals surface area contributed by atoms with Gasteiger partial charge in [0, 0.05) is 17.5 Å². The van der Waals surface area contributed by atoms with Gasteiger partial charge in [-0.1, -0.05) is 30.3 Å². The van der Waals surface area contributed by atoms with Crippen LogP contribution in [0.3, 0.4) is 0 Å². The number of nitrogens with one attached hydrogen (secondary N) is 2. The predicted molar refractivity (Wildman–Crippen MR) is 82.6 cm³/mol. The summed E-state index contributed by atoms with van der Waals surface area (Å²) in [5.74, 6) is 0.793. The van der Waals surface area contributed by atoms with Gasteiger partial charge in [0.25, 0.3) is 5.56 Å². The molecule has 0 saturated carbocycles. The summed E-state index contributed by atoms with van der Waals surface area (Å²) in [4.78, 5) is 12.0. The van der Waals surface area contributed by atoms with Gasteiger partial charge in [-0.15, -0.1) is 0 Å². The molecular weight excluding hydrogens is 264 g/mol. The molecule has 0 spiro atoms. The van der Waals surface area contributed by atoms with Crippen LogP contribution in [0.5, 0.6) is 5.75 Å². The van der Waals surface area contributed by atoms with Gasteiger partial charge < -0.3 is 4.74 Å². The van der Waals surface area contributed by atoms with Crippen LogP contribution in [-0.4, -0.2) is 17.3 Å². The van der Waals surface area contributed by atoms with Crippen molar-refractivity contribution in [2.45, 2.75) is 6.42 Å².